The number of aromatic amines is 1. The zero-order chi connectivity index (χ0) is 21.4. The van der Waals surface area contributed by atoms with Gasteiger partial charge in [0.15, 0.2) is 5.82 Å². The smallest absolute Gasteiger partial charge is 0.256 e. The van der Waals surface area contributed by atoms with Crippen LogP contribution in [-0.4, -0.2) is 28.0 Å². The third-order valence-corrected chi connectivity index (χ3v) is 6.31. The molecule has 1 saturated carbocycles. The summed E-state index contributed by atoms with van der Waals surface area (Å²) in [4.78, 5) is 25.3. The van der Waals surface area contributed by atoms with Crippen molar-refractivity contribution in [1.29, 1.82) is 0 Å². The van der Waals surface area contributed by atoms with Crippen molar-refractivity contribution in [2.24, 2.45) is 0 Å². The maximum absolute atomic E-state index is 12.5. The molecule has 0 aliphatic heterocycles. The summed E-state index contributed by atoms with van der Waals surface area (Å²) < 4.78 is 5.46. The normalized spacial score (nSPS) is 14.8. The fourth-order valence-corrected chi connectivity index (χ4v) is 4.36. The van der Waals surface area contributed by atoms with Gasteiger partial charge in [0.05, 0.1) is 23.1 Å². The molecule has 2 aromatic carbocycles. The molecule has 1 fully saturated rings. The molecular formula is C24H21ClN4O2. The summed E-state index contributed by atoms with van der Waals surface area (Å²) in [7, 11) is 1.65. The molecule has 0 radical (unpaired) electrons. The lowest BCUT2D eigenvalue weighted by Crippen LogP contribution is -2.36. The third kappa shape index (κ3) is 3.33. The van der Waals surface area contributed by atoms with Crippen molar-refractivity contribution in [3.05, 3.63) is 82.8 Å². The number of benzene rings is 2. The van der Waals surface area contributed by atoms with Crippen LogP contribution in [-0.2, 0) is 5.41 Å². The zero-order valence-corrected chi connectivity index (χ0v) is 17.7. The molecule has 1 aliphatic rings. The van der Waals surface area contributed by atoms with E-state index in [1.165, 1.54) is 0 Å². The molecule has 0 atom stereocenters. The minimum Gasteiger partial charge on any atom is -0.494 e. The Morgan fingerprint density at radius 1 is 1.16 bits per heavy atom. The van der Waals surface area contributed by atoms with Crippen LogP contribution in [0.1, 0.15) is 41.0 Å². The summed E-state index contributed by atoms with van der Waals surface area (Å²) >= 11 is 6.53. The predicted molar refractivity (Wildman–Crippen MR) is 121 cm³/mol. The van der Waals surface area contributed by atoms with Gasteiger partial charge in [0.1, 0.15) is 17.1 Å². The van der Waals surface area contributed by atoms with Gasteiger partial charge in [-0.25, -0.2) is 9.97 Å². The molecule has 0 spiro atoms. The number of rotatable bonds is 5. The number of methoxy groups -OCH3 is 1. The van der Waals surface area contributed by atoms with Gasteiger partial charge in [0.2, 0.25) is 0 Å². The van der Waals surface area contributed by atoms with E-state index in [1.807, 2.05) is 42.5 Å². The number of hydrogen-bond acceptors (Lipinski definition) is 4. The highest BCUT2D eigenvalue weighted by Crippen LogP contribution is 2.49. The van der Waals surface area contributed by atoms with Gasteiger partial charge in [0.25, 0.3) is 5.91 Å². The van der Waals surface area contributed by atoms with Gasteiger partial charge < -0.3 is 15.0 Å². The van der Waals surface area contributed by atoms with Crippen LogP contribution in [0.15, 0.2) is 60.8 Å². The monoisotopic (exact) mass is 432 g/mol. The molecule has 31 heavy (non-hydrogen) atoms. The maximum Gasteiger partial charge on any atom is 0.256 e. The molecule has 4 aromatic rings. The van der Waals surface area contributed by atoms with Gasteiger partial charge in [-0.1, -0.05) is 42.3 Å². The van der Waals surface area contributed by atoms with E-state index in [0.717, 1.165) is 47.4 Å². The maximum atomic E-state index is 12.5. The minimum absolute atomic E-state index is 0.245. The molecule has 0 bridgehead atoms. The second kappa shape index (κ2) is 7.71. The van der Waals surface area contributed by atoms with Crippen molar-refractivity contribution >= 4 is 34.4 Å². The van der Waals surface area contributed by atoms with Gasteiger partial charge in [0, 0.05) is 11.8 Å². The molecule has 1 aliphatic carbocycles. The standard InChI is InChI=1S/C24H21ClN4O2/c1-31-19-10-5-9-18-20(19)28-23(27-18)24(11-6-12-24)16-13-17(25)21(26-14-16)29-22(30)15-7-3-2-4-8-15/h2-5,7-10,13-14H,6,11-12H2,1H3,(H,27,28)(H,26,29,30). The Labute approximate surface area is 184 Å². The minimum atomic E-state index is -0.275. The van der Waals surface area contributed by atoms with Crippen LogP contribution < -0.4 is 10.1 Å². The Morgan fingerprint density at radius 2 is 1.97 bits per heavy atom. The van der Waals surface area contributed by atoms with Crippen molar-refractivity contribution < 1.29 is 9.53 Å². The number of anilines is 1. The molecule has 0 saturated heterocycles. The number of aromatic nitrogens is 3. The van der Waals surface area contributed by atoms with E-state index in [0.29, 0.717) is 16.4 Å². The molecular weight excluding hydrogens is 412 g/mol. The Morgan fingerprint density at radius 3 is 2.65 bits per heavy atom. The lowest BCUT2D eigenvalue weighted by Gasteiger charge is -2.40. The van der Waals surface area contributed by atoms with Crippen LogP contribution in [0.5, 0.6) is 5.75 Å². The second-order valence-corrected chi connectivity index (χ2v) is 8.16. The number of amides is 1. The summed E-state index contributed by atoms with van der Waals surface area (Å²) in [6.45, 7) is 0. The number of hydrogen-bond donors (Lipinski definition) is 2. The number of H-pyrrole nitrogens is 1. The molecule has 6 nitrogen and oxygen atoms in total. The summed E-state index contributed by atoms with van der Waals surface area (Å²) in [6.07, 6.45) is 4.78. The van der Waals surface area contributed by atoms with E-state index in [-0.39, 0.29) is 11.3 Å². The van der Waals surface area contributed by atoms with Crippen LogP contribution in [0, 0.1) is 0 Å². The highest BCUT2D eigenvalue weighted by Gasteiger charge is 2.43. The number of pyridine rings is 1. The summed E-state index contributed by atoms with van der Waals surface area (Å²) in [6, 6.07) is 16.7. The Balaban J connectivity index is 1.48. The number of carbonyl (C=O) groups is 1. The molecule has 2 aromatic heterocycles. The highest BCUT2D eigenvalue weighted by molar-refractivity contribution is 6.33. The summed E-state index contributed by atoms with van der Waals surface area (Å²) in [5.74, 6) is 1.73. The Kier molecular flexibility index (Phi) is 4.87. The van der Waals surface area contributed by atoms with E-state index < -0.39 is 0 Å². The summed E-state index contributed by atoms with van der Waals surface area (Å²) in [5, 5.41) is 3.20. The van der Waals surface area contributed by atoms with Crippen LogP contribution in [0.2, 0.25) is 5.02 Å². The number of halogens is 1. The van der Waals surface area contributed by atoms with Gasteiger partial charge in [-0.2, -0.15) is 0 Å². The SMILES string of the molecule is COc1cccc2[nH]c(C3(c4cnc(NC(=O)c5ccccc5)c(Cl)c4)CCC3)nc12. The average molecular weight is 433 g/mol. The van der Waals surface area contributed by atoms with E-state index in [9.17, 15) is 4.79 Å². The first-order valence-electron chi connectivity index (χ1n) is 10.2. The topological polar surface area (TPSA) is 79.9 Å². The zero-order valence-electron chi connectivity index (χ0n) is 17.0. The first-order valence-corrected chi connectivity index (χ1v) is 10.5. The molecule has 0 unspecified atom stereocenters. The van der Waals surface area contributed by atoms with Crippen LogP contribution in [0.3, 0.4) is 0 Å². The lowest BCUT2D eigenvalue weighted by molar-refractivity contribution is 0.102. The van der Waals surface area contributed by atoms with Gasteiger partial charge >= 0.3 is 0 Å². The average Bonchev–Trinajstić information content (AvgIpc) is 3.19. The quantitative estimate of drug-likeness (QED) is 0.446. The molecule has 2 heterocycles. The van der Waals surface area contributed by atoms with Gasteiger partial charge in [-0.15, -0.1) is 0 Å². The van der Waals surface area contributed by atoms with Crippen molar-refractivity contribution in [1.82, 2.24) is 15.0 Å². The first kappa shape index (κ1) is 19.6. The van der Waals surface area contributed by atoms with E-state index in [2.05, 4.69) is 15.3 Å². The fourth-order valence-electron chi connectivity index (χ4n) is 4.15. The highest BCUT2D eigenvalue weighted by atomic mass is 35.5. The van der Waals surface area contributed by atoms with Crippen molar-refractivity contribution in [3.63, 3.8) is 0 Å². The fraction of sp³-hybridized carbons (Fsp3) is 0.208. The van der Waals surface area contributed by atoms with Crippen LogP contribution in [0.4, 0.5) is 5.82 Å². The van der Waals surface area contributed by atoms with E-state index >= 15 is 0 Å². The number of nitrogens with one attached hydrogen (secondary N) is 2. The molecule has 156 valence electrons. The Bertz CT molecular complexity index is 1270. The number of para-hydroxylation sites is 1. The van der Waals surface area contributed by atoms with Crippen molar-refractivity contribution in [2.75, 3.05) is 12.4 Å². The van der Waals surface area contributed by atoms with E-state index in [4.69, 9.17) is 21.3 Å². The number of carbonyl (C=O) groups excluding carboxylic acids is 1. The van der Waals surface area contributed by atoms with Gasteiger partial charge in [-0.05, 0) is 48.7 Å². The lowest BCUT2D eigenvalue weighted by atomic mass is 9.64. The first-order chi connectivity index (χ1) is 15.1. The Hall–Kier alpha value is -3.38. The number of fused-ring (bicyclic) bond motifs is 1. The third-order valence-electron chi connectivity index (χ3n) is 6.02. The molecule has 1 amide bonds. The van der Waals surface area contributed by atoms with Gasteiger partial charge in [-0.3, -0.25) is 4.79 Å². The van der Waals surface area contributed by atoms with Crippen molar-refractivity contribution in [2.45, 2.75) is 24.7 Å². The predicted octanol–water partition coefficient (Wildman–Crippen LogP) is 5.34. The van der Waals surface area contributed by atoms with Crippen LogP contribution in [0.25, 0.3) is 11.0 Å². The molecule has 7 heteroatoms. The largest absolute Gasteiger partial charge is 0.494 e. The number of ether oxygens (including phenoxy) is 1. The molecule has 2 N–H and O–H groups in total. The second-order valence-electron chi connectivity index (χ2n) is 7.75. The number of imidazole rings is 1. The van der Waals surface area contributed by atoms with Crippen molar-refractivity contribution in [3.8, 4) is 5.75 Å². The number of nitrogens with zero attached hydrogens (tertiary/aromatic N) is 2. The molecule has 5 rings (SSSR count). The van der Waals surface area contributed by atoms with E-state index in [1.54, 1.807) is 25.4 Å². The summed E-state index contributed by atoms with van der Waals surface area (Å²) in [5.41, 5.74) is 3.02. The van der Waals surface area contributed by atoms with Crippen LogP contribution >= 0.6 is 11.6 Å².